The number of methoxy groups -OCH3 is 1. The average Bonchev–Trinajstić information content (AvgIpc) is 2.65. The molecule has 2 aromatic rings. The van der Waals surface area contributed by atoms with Crippen molar-refractivity contribution >= 4 is 5.97 Å². The molecule has 0 bridgehead atoms. The normalized spacial score (nSPS) is 12.0. The summed E-state index contributed by atoms with van der Waals surface area (Å²) in [5.41, 5.74) is 2.90. The number of esters is 1. The Balaban J connectivity index is 1.90. The Hall–Kier alpha value is -2.13. The van der Waals surface area contributed by atoms with Crippen molar-refractivity contribution in [2.45, 2.75) is 52.1 Å². The Labute approximate surface area is 151 Å². The van der Waals surface area contributed by atoms with Crippen LogP contribution >= 0.6 is 0 Å². The Kier molecular flexibility index (Phi) is 7.68. The van der Waals surface area contributed by atoms with Crippen LogP contribution in [0.25, 0.3) is 0 Å². The molecule has 0 radical (unpaired) electrons. The fourth-order valence-corrected chi connectivity index (χ4v) is 2.67. The zero-order valence-corrected chi connectivity index (χ0v) is 15.5. The van der Waals surface area contributed by atoms with Gasteiger partial charge in [0.05, 0.1) is 11.7 Å². The Morgan fingerprint density at radius 2 is 1.64 bits per heavy atom. The predicted molar refractivity (Wildman–Crippen MR) is 101 cm³/mol. The SMILES string of the molecule is CCCCCCc1ccc(C(=O)Oc2ccc(C(C)OC)cc2)cc1. The minimum atomic E-state index is -0.329. The molecule has 2 aromatic carbocycles. The van der Waals surface area contributed by atoms with Gasteiger partial charge in [-0.2, -0.15) is 0 Å². The molecule has 1 atom stereocenters. The number of ether oxygens (including phenoxy) is 2. The minimum Gasteiger partial charge on any atom is -0.423 e. The van der Waals surface area contributed by atoms with Crippen LogP contribution in [0.15, 0.2) is 48.5 Å². The van der Waals surface area contributed by atoms with Gasteiger partial charge in [0.25, 0.3) is 0 Å². The first kappa shape index (κ1) is 19.2. The molecule has 0 amide bonds. The maximum absolute atomic E-state index is 12.3. The Morgan fingerprint density at radius 3 is 2.24 bits per heavy atom. The van der Waals surface area contributed by atoms with Crippen molar-refractivity contribution in [1.82, 2.24) is 0 Å². The molecule has 0 saturated carbocycles. The van der Waals surface area contributed by atoms with Gasteiger partial charge in [-0.3, -0.25) is 0 Å². The van der Waals surface area contributed by atoms with Gasteiger partial charge in [0, 0.05) is 7.11 Å². The summed E-state index contributed by atoms with van der Waals surface area (Å²) in [5.74, 6) is 0.214. The molecule has 0 aliphatic heterocycles. The number of hydrogen-bond donors (Lipinski definition) is 0. The summed E-state index contributed by atoms with van der Waals surface area (Å²) in [7, 11) is 1.67. The maximum Gasteiger partial charge on any atom is 0.343 e. The van der Waals surface area contributed by atoms with E-state index in [4.69, 9.17) is 9.47 Å². The van der Waals surface area contributed by atoms with E-state index in [1.54, 1.807) is 19.2 Å². The number of aryl methyl sites for hydroxylation is 1. The standard InChI is InChI=1S/C22H28O3/c1-4-5-6-7-8-18-9-11-20(12-10-18)22(23)25-21-15-13-19(14-16-21)17(2)24-3/h9-17H,4-8H2,1-3H3. The van der Waals surface area contributed by atoms with Crippen LogP contribution in [-0.2, 0) is 11.2 Å². The summed E-state index contributed by atoms with van der Waals surface area (Å²) in [5, 5.41) is 0. The molecule has 0 spiro atoms. The highest BCUT2D eigenvalue weighted by molar-refractivity contribution is 5.91. The molecule has 0 saturated heterocycles. The van der Waals surface area contributed by atoms with Crippen molar-refractivity contribution in [3.05, 3.63) is 65.2 Å². The first-order chi connectivity index (χ1) is 12.1. The van der Waals surface area contributed by atoms with Crippen LogP contribution in [0.3, 0.4) is 0 Å². The van der Waals surface area contributed by atoms with Crippen LogP contribution in [0.1, 0.15) is 67.1 Å². The van der Waals surface area contributed by atoms with E-state index >= 15 is 0 Å². The number of rotatable bonds is 9. The van der Waals surface area contributed by atoms with E-state index in [0.717, 1.165) is 12.0 Å². The van der Waals surface area contributed by atoms with Gasteiger partial charge in [0.2, 0.25) is 0 Å². The van der Waals surface area contributed by atoms with Crippen LogP contribution in [-0.4, -0.2) is 13.1 Å². The maximum atomic E-state index is 12.3. The molecule has 134 valence electrons. The second-order valence-electron chi connectivity index (χ2n) is 6.34. The molecule has 0 fully saturated rings. The van der Waals surface area contributed by atoms with Gasteiger partial charge in [-0.1, -0.05) is 50.5 Å². The average molecular weight is 340 g/mol. The van der Waals surface area contributed by atoms with E-state index < -0.39 is 0 Å². The summed E-state index contributed by atoms with van der Waals surface area (Å²) >= 11 is 0. The van der Waals surface area contributed by atoms with Crippen LogP contribution in [0.4, 0.5) is 0 Å². The summed E-state index contributed by atoms with van der Waals surface area (Å²) in [4.78, 5) is 12.3. The molecular weight excluding hydrogens is 312 g/mol. The fraction of sp³-hybridized carbons (Fsp3) is 0.409. The highest BCUT2D eigenvalue weighted by Gasteiger charge is 2.09. The lowest BCUT2D eigenvalue weighted by molar-refractivity contribution is 0.0734. The predicted octanol–water partition coefficient (Wildman–Crippen LogP) is 5.74. The van der Waals surface area contributed by atoms with Gasteiger partial charge in [-0.05, 0) is 55.2 Å². The van der Waals surface area contributed by atoms with E-state index in [1.165, 1.54) is 31.2 Å². The Morgan fingerprint density at radius 1 is 0.960 bits per heavy atom. The molecule has 3 heteroatoms. The number of unbranched alkanes of at least 4 members (excludes halogenated alkanes) is 3. The lowest BCUT2D eigenvalue weighted by atomic mass is 10.0. The molecule has 0 heterocycles. The topological polar surface area (TPSA) is 35.5 Å². The van der Waals surface area contributed by atoms with E-state index in [-0.39, 0.29) is 12.1 Å². The van der Waals surface area contributed by atoms with Gasteiger partial charge in [0.1, 0.15) is 5.75 Å². The largest absolute Gasteiger partial charge is 0.423 e. The highest BCUT2D eigenvalue weighted by Crippen LogP contribution is 2.20. The van der Waals surface area contributed by atoms with Crippen LogP contribution in [0, 0.1) is 0 Å². The molecule has 0 aromatic heterocycles. The second-order valence-corrected chi connectivity index (χ2v) is 6.34. The Bertz CT molecular complexity index is 644. The molecule has 0 N–H and O–H groups in total. The lowest BCUT2D eigenvalue weighted by Crippen LogP contribution is -2.08. The van der Waals surface area contributed by atoms with Gasteiger partial charge < -0.3 is 9.47 Å². The van der Waals surface area contributed by atoms with Crippen LogP contribution < -0.4 is 4.74 Å². The van der Waals surface area contributed by atoms with Crippen LogP contribution in [0.5, 0.6) is 5.75 Å². The van der Waals surface area contributed by atoms with Gasteiger partial charge in [0.15, 0.2) is 0 Å². The van der Waals surface area contributed by atoms with Gasteiger partial charge >= 0.3 is 5.97 Å². The second kappa shape index (κ2) is 10.00. The number of carbonyl (C=O) groups excluding carboxylic acids is 1. The monoisotopic (exact) mass is 340 g/mol. The lowest BCUT2D eigenvalue weighted by Gasteiger charge is -2.10. The molecule has 25 heavy (non-hydrogen) atoms. The zero-order valence-electron chi connectivity index (χ0n) is 15.5. The van der Waals surface area contributed by atoms with Crippen molar-refractivity contribution in [2.24, 2.45) is 0 Å². The molecule has 0 aliphatic rings. The van der Waals surface area contributed by atoms with Crippen molar-refractivity contribution in [3.8, 4) is 5.75 Å². The van der Waals surface area contributed by atoms with Crippen molar-refractivity contribution in [1.29, 1.82) is 0 Å². The van der Waals surface area contributed by atoms with Crippen molar-refractivity contribution in [2.75, 3.05) is 7.11 Å². The summed E-state index contributed by atoms with van der Waals surface area (Å²) in [6.45, 7) is 4.19. The fourth-order valence-electron chi connectivity index (χ4n) is 2.67. The third-order valence-corrected chi connectivity index (χ3v) is 4.42. The van der Waals surface area contributed by atoms with Crippen molar-refractivity contribution < 1.29 is 14.3 Å². The first-order valence-corrected chi connectivity index (χ1v) is 9.08. The van der Waals surface area contributed by atoms with E-state index in [0.29, 0.717) is 11.3 Å². The smallest absolute Gasteiger partial charge is 0.343 e. The highest BCUT2D eigenvalue weighted by atomic mass is 16.5. The molecule has 2 rings (SSSR count). The summed E-state index contributed by atoms with van der Waals surface area (Å²) in [6.07, 6.45) is 6.08. The van der Waals surface area contributed by atoms with Gasteiger partial charge in [-0.25, -0.2) is 4.79 Å². The number of benzene rings is 2. The molecule has 1 unspecified atom stereocenters. The molecule has 3 nitrogen and oxygen atoms in total. The first-order valence-electron chi connectivity index (χ1n) is 9.08. The van der Waals surface area contributed by atoms with E-state index in [1.807, 2.05) is 43.3 Å². The number of carbonyl (C=O) groups is 1. The minimum absolute atomic E-state index is 0.0228. The molecule has 0 aliphatic carbocycles. The zero-order chi connectivity index (χ0) is 18.1. The number of hydrogen-bond acceptors (Lipinski definition) is 3. The summed E-state index contributed by atoms with van der Waals surface area (Å²) < 4.78 is 10.7. The van der Waals surface area contributed by atoms with Crippen LogP contribution in [0.2, 0.25) is 0 Å². The third-order valence-electron chi connectivity index (χ3n) is 4.42. The van der Waals surface area contributed by atoms with Crippen molar-refractivity contribution in [3.63, 3.8) is 0 Å². The van der Waals surface area contributed by atoms with Gasteiger partial charge in [-0.15, -0.1) is 0 Å². The quantitative estimate of drug-likeness (QED) is 0.332. The molecular formula is C22H28O3. The van der Waals surface area contributed by atoms with E-state index in [2.05, 4.69) is 6.92 Å². The summed E-state index contributed by atoms with van der Waals surface area (Å²) in [6, 6.07) is 15.2. The third kappa shape index (κ3) is 6.02. The van der Waals surface area contributed by atoms with E-state index in [9.17, 15) is 4.79 Å².